The number of carbonyl (C=O) groups excluding carboxylic acids is 1. The van der Waals surface area contributed by atoms with Crippen LogP contribution in [0.3, 0.4) is 0 Å². The molecule has 2 aliphatic heterocycles. The lowest BCUT2D eigenvalue weighted by Crippen LogP contribution is -2.39. The summed E-state index contributed by atoms with van der Waals surface area (Å²) in [6, 6.07) is 0.421. The van der Waals surface area contributed by atoms with Gasteiger partial charge >= 0.3 is 0 Å². The first-order chi connectivity index (χ1) is 9.83. The molecule has 0 radical (unpaired) electrons. The van der Waals surface area contributed by atoms with Crippen molar-refractivity contribution in [2.24, 2.45) is 0 Å². The molecule has 108 valence electrons. The zero-order valence-electron chi connectivity index (χ0n) is 11.5. The van der Waals surface area contributed by atoms with Crippen LogP contribution in [0, 0.1) is 0 Å². The Hall–Kier alpha value is -1.53. The summed E-state index contributed by atoms with van der Waals surface area (Å²) < 4.78 is 5.29. The highest BCUT2D eigenvalue weighted by Gasteiger charge is 2.21. The molecular weight excluding hydrogens is 256 g/mol. The predicted octanol–water partition coefficient (Wildman–Crippen LogP) is 0.810. The van der Waals surface area contributed by atoms with Crippen LogP contribution < -0.4 is 10.6 Å². The standard InChI is InChI=1S/C14H20N4O2/c19-14(17-10-3-6-20-7-4-10)13-9-15-8-12(18-13)11-2-1-5-16-11/h8-11,16H,1-7H2,(H,17,19). The fourth-order valence-electron chi connectivity index (χ4n) is 2.70. The zero-order valence-corrected chi connectivity index (χ0v) is 11.5. The van der Waals surface area contributed by atoms with Crippen molar-refractivity contribution in [3.05, 3.63) is 23.8 Å². The largest absolute Gasteiger partial charge is 0.381 e. The van der Waals surface area contributed by atoms with E-state index in [4.69, 9.17) is 4.74 Å². The number of hydrogen-bond acceptors (Lipinski definition) is 5. The summed E-state index contributed by atoms with van der Waals surface area (Å²) >= 11 is 0. The van der Waals surface area contributed by atoms with Crippen molar-refractivity contribution in [2.75, 3.05) is 19.8 Å². The lowest BCUT2D eigenvalue weighted by molar-refractivity contribution is 0.0694. The van der Waals surface area contributed by atoms with Crippen LogP contribution in [-0.2, 0) is 4.74 Å². The number of nitrogens with one attached hydrogen (secondary N) is 2. The van der Waals surface area contributed by atoms with Gasteiger partial charge in [0.2, 0.25) is 0 Å². The molecule has 6 heteroatoms. The van der Waals surface area contributed by atoms with E-state index in [1.165, 1.54) is 6.20 Å². The van der Waals surface area contributed by atoms with E-state index < -0.39 is 0 Å². The second-order valence-electron chi connectivity index (χ2n) is 5.34. The summed E-state index contributed by atoms with van der Waals surface area (Å²) in [6.45, 7) is 2.43. The molecule has 0 bridgehead atoms. The molecule has 3 heterocycles. The van der Waals surface area contributed by atoms with E-state index in [0.717, 1.165) is 37.9 Å². The molecule has 0 saturated carbocycles. The van der Waals surface area contributed by atoms with Crippen molar-refractivity contribution in [2.45, 2.75) is 37.8 Å². The molecule has 2 N–H and O–H groups in total. The molecule has 0 aliphatic carbocycles. The van der Waals surface area contributed by atoms with Crippen LogP contribution in [0.25, 0.3) is 0 Å². The van der Waals surface area contributed by atoms with Crippen molar-refractivity contribution in [3.8, 4) is 0 Å². The predicted molar refractivity (Wildman–Crippen MR) is 73.3 cm³/mol. The Labute approximate surface area is 118 Å². The summed E-state index contributed by atoms with van der Waals surface area (Å²) in [5, 5.41) is 6.38. The van der Waals surface area contributed by atoms with E-state index in [0.29, 0.717) is 18.9 Å². The molecule has 0 aromatic carbocycles. The molecule has 2 aliphatic rings. The zero-order chi connectivity index (χ0) is 13.8. The van der Waals surface area contributed by atoms with Crippen molar-refractivity contribution >= 4 is 5.91 Å². The fraction of sp³-hybridized carbons (Fsp3) is 0.643. The third-order valence-corrected chi connectivity index (χ3v) is 3.86. The number of carbonyl (C=O) groups is 1. The van der Waals surface area contributed by atoms with Gasteiger partial charge < -0.3 is 15.4 Å². The number of aromatic nitrogens is 2. The molecule has 3 rings (SSSR count). The first kappa shape index (κ1) is 13.5. The summed E-state index contributed by atoms with van der Waals surface area (Å²) in [5.41, 5.74) is 1.27. The minimum atomic E-state index is -0.135. The van der Waals surface area contributed by atoms with Gasteiger partial charge in [0, 0.05) is 19.3 Å². The monoisotopic (exact) mass is 276 g/mol. The van der Waals surface area contributed by atoms with Crippen LogP contribution in [0.15, 0.2) is 12.4 Å². The molecule has 6 nitrogen and oxygen atoms in total. The molecule has 0 spiro atoms. The molecule has 20 heavy (non-hydrogen) atoms. The highest BCUT2D eigenvalue weighted by molar-refractivity contribution is 5.92. The minimum absolute atomic E-state index is 0.135. The van der Waals surface area contributed by atoms with Gasteiger partial charge in [0.25, 0.3) is 5.91 Å². The van der Waals surface area contributed by atoms with E-state index in [9.17, 15) is 4.79 Å². The van der Waals surface area contributed by atoms with Crippen LogP contribution in [0.5, 0.6) is 0 Å². The van der Waals surface area contributed by atoms with Gasteiger partial charge in [-0.1, -0.05) is 0 Å². The maximum Gasteiger partial charge on any atom is 0.271 e. The van der Waals surface area contributed by atoms with Crippen LogP contribution in [-0.4, -0.2) is 41.7 Å². The van der Waals surface area contributed by atoms with Gasteiger partial charge in [-0.05, 0) is 32.2 Å². The van der Waals surface area contributed by atoms with Gasteiger partial charge in [-0.15, -0.1) is 0 Å². The molecule has 2 fully saturated rings. The Balaban J connectivity index is 1.66. The van der Waals surface area contributed by atoms with Gasteiger partial charge in [0.15, 0.2) is 0 Å². The Bertz CT molecular complexity index is 468. The van der Waals surface area contributed by atoms with E-state index in [1.54, 1.807) is 6.20 Å². The highest BCUT2D eigenvalue weighted by atomic mass is 16.5. The number of ether oxygens (including phenoxy) is 1. The third kappa shape index (κ3) is 3.13. The second-order valence-corrected chi connectivity index (χ2v) is 5.34. The smallest absolute Gasteiger partial charge is 0.271 e. The minimum Gasteiger partial charge on any atom is -0.381 e. The van der Waals surface area contributed by atoms with E-state index in [2.05, 4.69) is 20.6 Å². The maximum atomic E-state index is 12.2. The normalized spacial score (nSPS) is 23.7. The van der Waals surface area contributed by atoms with Crippen LogP contribution in [0.4, 0.5) is 0 Å². The molecule has 1 amide bonds. The van der Waals surface area contributed by atoms with Crippen molar-refractivity contribution < 1.29 is 9.53 Å². The Morgan fingerprint density at radius 1 is 1.30 bits per heavy atom. The van der Waals surface area contributed by atoms with E-state index in [1.807, 2.05) is 0 Å². The van der Waals surface area contributed by atoms with E-state index >= 15 is 0 Å². The maximum absolute atomic E-state index is 12.2. The van der Waals surface area contributed by atoms with E-state index in [-0.39, 0.29) is 18.0 Å². The van der Waals surface area contributed by atoms with Gasteiger partial charge in [-0.2, -0.15) is 0 Å². The van der Waals surface area contributed by atoms with Gasteiger partial charge in [0.1, 0.15) is 5.69 Å². The van der Waals surface area contributed by atoms with Crippen LogP contribution >= 0.6 is 0 Å². The number of rotatable bonds is 3. The van der Waals surface area contributed by atoms with Gasteiger partial charge in [-0.3, -0.25) is 9.78 Å². The average Bonchev–Trinajstić information content (AvgIpc) is 3.03. The number of amides is 1. The van der Waals surface area contributed by atoms with Crippen molar-refractivity contribution in [1.29, 1.82) is 0 Å². The molecular formula is C14H20N4O2. The summed E-state index contributed by atoms with van der Waals surface area (Å²) in [4.78, 5) is 20.8. The quantitative estimate of drug-likeness (QED) is 0.854. The highest BCUT2D eigenvalue weighted by Crippen LogP contribution is 2.20. The van der Waals surface area contributed by atoms with Crippen molar-refractivity contribution in [3.63, 3.8) is 0 Å². The lowest BCUT2D eigenvalue weighted by Gasteiger charge is -2.23. The van der Waals surface area contributed by atoms with Crippen LogP contribution in [0.2, 0.25) is 0 Å². The average molecular weight is 276 g/mol. The third-order valence-electron chi connectivity index (χ3n) is 3.86. The summed E-state index contributed by atoms with van der Waals surface area (Å²) in [6.07, 6.45) is 7.21. The fourth-order valence-corrected chi connectivity index (χ4v) is 2.70. The lowest BCUT2D eigenvalue weighted by atomic mass is 10.1. The second kappa shape index (κ2) is 6.28. The molecule has 1 aromatic rings. The molecule has 1 aromatic heterocycles. The molecule has 2 saturated heterocycles. The van der Waals surface area contributed by atoms with Crippen molar-refractivity contribution in [1.82, 2.24) is 20.6 Å². The Morgan fingerprint density at radius 2 is 2.15 bits per heavy atom. The Kier molecular flexibility index (Phi) is 4.22. The number of nitrogens with zero attached hydrogens (tertiary/aromatic N) is 2. The first-order valence-electron chi connectivity index (χ1n) is 7.27. The van der Waals surface area contributed by atoms with Gasteiger partial charge in [0.05, 0.1) is 24.1 Å². The van der Waals surface area contributed by atoms with Gasteiger partial charge in [-0.25, -0.2) is 4.98 Å². The topological polar surface area (TPSA) is 76.1 Å². The summed E-state index contributed by atoms with van der Waals surface area (Å²) in [5.74, 6) is -0.135. The van der Waals surface area contributed by atoms with Crippen LogP contribution in [0.1, 0.15) is 47.9 Å². The SMILES string of the molecule is O=C(NC1CCOCC1)c1cncc(C2CCCN2)n1. The molecule has 1 unspecified atom stereocenters. The number of hydrogen-bond donors (Lipinski definition) is 2. The first-order valence-corrected chi connectivity index (χ1v) is 7.27. The molecule has 1 atom stereocenters. The summed E-state index contributed by atoms with van der Waals surface area (Å²) in [7, 11) is 0. The Morgan fingerprint density at radius 3 is 2.90 bits per heavy atom.